The summed E-state index contributed by atoms with van der Waals surface area (Å²) in [6.07, 6.45) is 0.354. The van der Waals surface area contributed by atoms with Gasteiger partial charge in [-0.2, -0.15) is 0 Å². The minimum absolute atomic E-state index is 0.00168. The Hall–Kier alpha value is -2.70. The van der Waals surface area contributed by atoms with Crippen LogP contribution in [0.4, 0.5) is 0 Å². The number of rotatable bonds is 8. The Bertz CT molecular complexity index is 1110. The smallest absolute Gasteiger partial charge is 0.340 e. The van der Waals surface area contributed by atoms with E-state index in [1.54, 1.807) is 32.0 Å². The van der Waals surface area contributed by atoms with E-state index in [-0.39, 0.29) is 19.6 Å². The van der Waals surface area contributed by atoms with Crippen LogP contribution < -0.4 is 4.74 Å². The van der Waals surface area contributed by atoms with Gasteiger partial charge in [0.25, 0.3) is 0 Å². The van der Waals surface area contributed by atoms with Crippen LogP contribution >= 0.6 is 23.2 Å². The van der Waals surface area contributed by atoms with E-state index in [0.717, 1.165) is 16.6 Å². The highest BCUT2D eigenvalue weighted by atomic mass is 35.5. The molecular formula is C22H21Cl2NO5. The molecule has 0 aliphatic rings. The average Bonchev–Trinajstić information content (AvgIpc) is 3.01. The predicted octanol–water partition coefficient (Wildman–Crippen LogP) is 5.87. The average molecular weight is 450 g/mol. The summed E-state index contributed by atoms with van der Waals surface area (Å²) >= 11 is 12.2. The third-order valence-corrected chi connectivity index (χ3v) is 5.33. The Kier molecular flexibility index (Phi) is 6.90. The maximum Gasteiger partial charge on any atom is 0.340 e. The number of hydrogen-bond donors (Lipinski definition) is 2. The monoisotopic (exact) mass is 449 g/mol. The van der Waals surface area contributed by atoms with Gasteiger partial charge in [-0.05, 0) is 50.1 Å². The predicted molar refractivity (Wildman–Crippen MR) is 117 cm³/mol. The zero-order valence-corrected chi connectivity index (χ0v) is 18.1. The van der Waals surface area contributed by atoms with Gasteiger partial charge in [-0.15, -0.1) is 0 Å². The number of H-pyrrole nitrogens is 1. The number of carboxylic acids is 1. The normalized spacial score (nSPS) is 10.9. The fourth-order valence-corrected chi connectivity index (χ4v) is 3.54. The molecular weight excluding hydrogens is 429 g/mol. The molecule has 0 unspecified atom stereocenters. The molecule has 158 valence electrons. The summed E-state index contributed by atoms with van der Waals surface area (Å²) in [6, 6.07) is 8.89. The first-order valence-electron chi connectivity index (χ1n) is 9.45. The van der Waals surface area contributed by atoms with Crippen molar-refractivity contribution in [2.24, 2.45) is 0 Å². The lowest BCUT2D eigenvalue weighted by atomic mass is 10.0. The number of aliphatic carboxylic acids is 1. The molecule has 2 aromatic carbocycles. The summed E-state index contributed by atoms with van der Waals surface area (Å²) < 4.78 is 11.1. The van der Waals surface area contributed by atoms with Gasteiger partial charge < -0.3 is 19.6 Å². The molecule has 3 rings (SSSR count). The Labute approximate surface area is 183 Å². The molecule has 0 radical (unpaired) electrons. The van der Waals surface area contributed by atoms with E-state index in [2.05, 4.69) is 4.98 Å². The van der Waals surface area contributed by atoms with Crippen molar-refractivity contribution in [3.63, 3.8) is 0 Å². The molecule has 0 fully saturated rings. The molecule has 0 saturated heterocycles. The zero-order chi connectivity index (χ0) is 21.8. The second kappa shape index (κ2) is 9.41. The SMILES string of the molecule is CCOC(=O)c1c(C)[nH]c2cc(-c3ccc(Cl)c(Cl)c3)c(OCCCC(=O)O)cc12. The summed E-state index contributed by atoms with van der Waals surface area (Å²) in [5.74, 6) is -0.791. The number of esters is 1. The topological polar surface area (TPSA) is 88.6 Å². The van der Waals surface area contributed by atoms with Gasteiger partial charge >= 0.3 is 11.9 Å². The highest BCUT2D eigenvalue weighted by molar-refractivity contribution is 6.42. The number of aromatic nitrogens is 1. The van der Waals surface area contributed by atoms with E-state index in [1.807, 2.05) is 12.1 Å². The van der Waals surface area contributed by atoms with Crippen LogP contribution in [-0.4, -0.2) is 35.2 Å². The first-order chi connectivity index (χ1) is 14.3. The number of aryl methyl sites for hydroxylation is 1. The first kappa shape index (κ1) is 22.0. The second-order valence-corrected chi connectivity index (χ2v) is 7.53. The van der Waals surface area contributed by atoms with Crippen molar-refractivity contribution in [3.8, 4) is 16.9 Å². The van der Waals surface area contributed by atoms with Crippen LogP contribution in [0.2, 0.25) is 10.0 Å². The summed E-state index contributed by atoms with van der Waals surface area (Å²) in [4.78, 5) is 26.5. The molecule has 6 nitrogen and oxygen atoms in total. The number of benzene rings is 2. The lowest BCUT2D eigenvalue weighted by molar-refractivity contribution is -0.137. The minimum Gasteiger partial charge on any atom is -0.493 e. The molecule has 8 heteroatoms. The van der Waals surface area contributed by atoms with Gasteiger partial charge in [-0.3, -0.25) is 4.79 Å². The van der Waals surface area contributed by atoms with Crippen LogP contribution in [0.5, 0.6) is 5.75 Å². The van der Waals surface area contributed by atoms with E-state index < -0.39 is 11.9 Å². The van der Waals surface area contributed by atoms with Gasteiger partial charge in [0.2, 0.25) is 0 Å². The van der Waals surface area contributed by atoms with Gasteiger partial charge in [0.15, 0.2) is 0 Å². The number of carboxylic acid groups (broad SMARTS) is 1. The molecule has 0 aliphatic carbocycles. The van der Waals surface area contributed by atoms with Crippen molar-refractivity contribution in [1.29, 1.82) is 0 Å². The molecule has 0 spiro atoms. The maximum absolute atomic E-state index is 12.4. The number of aromatic amines is 1. The van der Waals surface area contributed by atoms with Gasteiger partial charge in [-0.1, -0.05) is 29.3 Å². The minimum atomic E-state index is -0.885. The summed E-state index contributed by atoms with van der Waals surface area (Å²) in [7, 11) is 0. The number of ether oxygens (including phenoxy) is 2. The van der Waals surface area contributed by atoms with Gasteiger partial charge in [-0.25, -0.2) is 4.79 Å². The standard InChI is InChI=1S/C22H21Cl2NO5/c1-3-29-22(28)21-12(2)25-18-10-14(13-6-7-16(23)17(24)9-13)19(11-15(18)21)30-8-4-5-20(26)27/h6-7,9-11,25H,3-5,8H2,1-2H3,(H,26,27). The number of nitrogens with one attached hydrogen (secondary N) is 1. The van der Waals surface area contributed by atoms with Crippen LogP contribution in [0.25, 0.3) is 22.0 Å². The Balaban J connectivity index is 2.10. The zero-order valence-electron chi connectivity index (χ0n) is 16.6. The molecule has 1 heterocycles. The fraction of sp³-hybridized carbons (Fsp3) is 0.273. The lowest BCUT2D eigenvalue weighted by Gasteiger charge is -2.13. The van der Waals surface area contributed by atoms with Crippen LogP contribution in [0, 0.1) is 6.92 Å². The van der Waals surface area contributed by atoms with Crippen molar-refractivity contribution in [1.82, 2.24) is 4.98 Å². The first-order valence-corrected chi connectivity index (χ1v) is 10.2. The molecule has 3 aromatic rings. The van der Waals surface area contributed by atoms with Crippen LogP contribution in [-0.2, 0) is 9.53 Å². The van der Waals surface area contributed by atoms with E-state index in [1.165, 1.54) is 0 Å². The highest BCUT2D eigenvalue weighted by Gasteiger charge is 2.20. The highest BCUT2D eigenvalue weighted by Crippen LogP contribution is 2.38. The van der Waals surface area contributed by atoms with Crippen molar-refractivity contribution < 1.29 is 24.2 Å². The number of fused-ring (bicyclic) bond motifs is 1. The third kappa shape index (κ3) is 4.71. The van der Waals surface area contributed by atoms with Crippen LogP contribution in [0.15, 0.2) is 30.3 Å². The molecule has 0 bridgehead atoms. The number of halogens is 2. The van der Waals surface area contributed by atoms with Gasteiger partial charge in [0.05, 0.1) is 28.8 Å². The maximum atomic E-state index is 12.4. The van der Waals surface area contributed by atoms with Crippen LogP contribution in [0.1, 0.15) is 35.8 Å². The molecule has 0 amide bonds. The van der Waals surface area contributed by atoms with E-state index in [4.69, 9.17) is 37.8 Å². The summed E-state index contributed by atoms with van der Waals surface area (Å²) in [5.41, 5.74) is 3.40. The molecule has 0 atom stereocenters. The number of carbonyl (C=O) groups excluding carboxylic acids is 1. The molecule has 2 N–H and O–H groups in total. The van der Waals surface area contributed by atoms with E-state index >= 15 is 0 Å². The Morgan fingerprint density at radius 3 is 2.57 bits per heavy atom. The lowest BCUT2D eigenvalue weighted by Crippen LogP contribution is -2.06. The quantitative estimate of drug-likeness (QED) is 0.331. The van der Waals surface area contributed by atoms with Crippen molar-refractivity contribution in [3.05, 3.63) is 51.6 Å². The molecule has 1 aromatic heterocycles. The Morgan fingerprint density at radius 2 is 1.90 bits per heavy atom. The van der Waals surface area contributed by atoms with E-state index in [9.17, 15) is 9.59 Å². The molecule has 30 heavy (non-hydrogen) atoms. The largest absolute Gasteiger partial charge is 0.493 e. The molecule has 0 aliphatic heterocycles. The van der Waals surface area contributed by atoms with Gasteiger partial charge in [0.1, 0.15) is 5.75 Å². The van der Waals surface area contributed by atoms with Crippen molar-refractivity contribution in [2.45, 2.75) is 26.7 Å². The van der Waals surface area contributed by atoms with E-state index in [0.29, 0.717) is 38.9 Å². The van der Waals surface area contributed by atoms with Crippen LogP contribution in [0.3, 0.4) is 0 Å². The summed E-state index contributed by atoms with van der Waals surface area (Å²) in [6.45, 7) is 4.04. The second-order valence-electron chi connectivity index (χ2n) is 6.71. The van der Waals surface area contributed by atoms with Crippen molar-refractivity contribution >= 4 is 46.0 Å². The number of hydrogen-bond acceptors (Lipinski definition) is 4. The molecule has 0 saturated carbocycles. The Morgan fingerprint density at radius 1 is 1.13 bits per heavy atom. The summed E-state index contributed by atoms with van der Waals surface area (Å²) in [5, 5.41) is 10.4. The van der Waals surface area contributed by atoms with Crippen molar-refractivity contribution in [2.75, 3.05) is 13.2 Å². The van der Waals surface area contributed by atoms with Gasteiger partial charge in [0, 0.05) is 28.6 Å². The third-order valence-electron chi connectivity index (χ3n) is 4.59. The fourth-order valence-electron chi connectivity index (χ4n) is 3.24. The number of carbonyl (C=O) groups is 2.